The number of rotatable bonds is 7. The summed E-state index contributed by atoms with van der Waals surface area (Å²) >= 11 is 0. The number of pyridine rings is 1. The number of anilines is 1. The Morgan fingerprint density at radius 2 is 1.62 bits per heavy atom. The topological polar surface area (TPSA) is 74.8 Å². The number of likely N-dealkylation sites (tertiary alicyclic amines) is 1. The van der Waals surface area contributed by atoms with Gasteiger partial charge in [-0.3, -0.25) is 9.59 Å². The Balaban J connectivity index is 0.000000751. The highest BCUT2D eigenvalue weighted by molar-refractivity contribution is 5.96. The van der Waals surface area contributed by atoms with Crippen molar-refractivity contribution in [1.82, 2.24) is 15.2 Å². The number of nitrogens with one attached hydrogen (secondary N) is 1. The van der Waals surface area contributed by atoms with Gasteiger partial charge in [0, 0.05) is 0 Å². The summed E-state index contributed by atoms with van der Waals surface area (Å²) in [4.78, 5) is 31.2. The molecule has 0 aromatic carbocycles. The van der Waals surface area contributed by atoms with Crippen molar-refractivity contribution in [2.45, 2.75) is 58.4 Å². The summed E-state index contributed by atoms with van der Waals surface area (Å²) in [6, 6.07) is 1.84. The van der Waals surface area contributed by atoms with E-state index in [4.69, 9.17) is 4.74 Å². The monoisotopic (exact) mass is 488 g/mol. The zero-order chi connectivity index (χ0) is 25.3. The lowest BCUT2D eigenvalue weighted by Crippen LogP contribution is -2.62. The number of hydrogen-bond donors (Lipinski definition) is 1. The van der Waals surface area contributed by atoms with E-state index in [0.717, 1.165) is 23.7 Å². The molecule has 3 heterocycles. The summed E-state index contributed by atoms with van der Waals surface area (Å²) in [5.41, 5.74) is 0.329. The van der Waals surface area contributed by atoms with Gasteiger partial charge in [0.1, 0.15) is 17.4 Å². The number of carbonyl (C=O) groups is 2. The lowest BCUT2D eigenvalue weighted by molar-refractivity contribution is -0.167. The summed E-state index contributed by atoms with van der Waals surface area (Å²) in [7, 11) is 0. The highest BCUT2D eigenvalue weighted by atomic mass is 19.3. The highest BCUT2D eigenvalue weighted by Crippen LogP contribution is 2.38. The Kier molecular flexibility index (Phi) is 7.62. The fraction of sp³-hybridized carbons (Fsp3) is 0.696. The predicted octanol–water partition coefficient (Wildman–Crippen LogP) is 3.58. The summed E-state index contributed by atoms with van der Waals surface area (Å²) in [6.07, 6.45) is 2.04. The first kappa shape index (κ1) is 26.0. The van der Waals surface area contributed by atoms with Crippen molar-refractivity contribution >= 4 is 17.5 Å². The van der Waals surface area contributed by atoms with Crippen LogP contribution in [-0.2, 0) is 4.79 Å². The number of amides is 2. The highest BCUT2D eigenvalue weighted by Gasteiger charge is 2.47. The number of aromatic nitrogens is 1. The first-order valence-electron chi connectivity index (χ1n) is 11.5. The zero-order valence-electron chi connectivity index (χ0n) is 19.9. The van der Waals surface area contributed by atoms with Crippen molar-refractivity contribution in [3.63, 3.8) is 0 Å². The van der Waals surface area contributed by atoms with Crippen LogP contribution in [0.4, 0.5) is 23.2 Å². The van der Waals surface area contributed by atoms with E-state index in [0.29, 0.717) is 18.2 Å². The van der Waals surface area contributed by atoms with Gasteiger partial charge in [-0.05, 0) is 43.7 Å². The molecule has 1 N–H and O–H groups in total. The zero-order valence-corrected chi connectivity index (χ0v) is 19.9. The van der Waals surface area contributed by atoms with Gasteiger partial charge in [-0.15, -0.1) is 0 Å². The number of carbonyl (C=O) groups excluding carboxylic acids is 2. The average Bonchev–Trinajstić information content (AvgIpc) is 3.51. The maximum absolute atomic E-state index is 13.3. The minimum atomic E-state index is -2.89. The predicted molar refractivity (Wildman–Crippen MR) is 119 cm³/mol. The first-order valence-corrected chi connectivity index (χ1v) is 11.5. The SMILES string of the molecule is CC(C)C.CC(NC(=O)c1ccc(N2CC(F)(F)C2)c(OCC2CC2)n1)C(=O)N1CC(F)(F)C1. The van der Waals surface area contributed by atoms with Crippen molar-refractivity contribution in [3.8, 4) is 5.88 Å². The lowest BCUT2D eigenvalue weighted by atomic mass is 10.1. The van der Waals surface area contributed by atoms with E-state index in [1.54, 1.807) is 0 Å². The number of halogens is 4. The van der Waals surface area contributed by atoms with E-state index in [2.05, 4.69) is 31.1 Å². The minimum absolute atomic E-state index is 0.0505. The molecular formula is C23H32F4N4O3. The largest absolute Gasteiger partial charge is 0.476 e. The molecule has 7 nitrogen and oxygen atoms in total. The van der Waals surface area contributed by atoms with Crippen LogP contribution in [0.5, 0.6) is 5.88 Å². The molecule has 2 saturated heterocycles. The van der Waals surface area contributed by atoms with Crippen molar-refractivity contribution in [2.24, 2.45) is 11.8 Å². The summed E-state index contributed by atoms with van der Waals surface area (Å²) < 4.78 is 58.1. The van der Waals surface area contributed by atoms with Gasteiger partial charge in [-0.25, -0.2) is 22.5 Å². The molecule has 1 saturated carbocycles. The van der Waals surface area contributed by atoms with Crippen molar-refractivity contribution in [2.75, 3.05) is 37.7 Å². The fourth-order valence-corrected chi connectivity index (χ4v) is 3.34. The number of hydrogen-bond acceptors (Lipinski definition) is 5. The van der Waals surface area contributed by atoms with Gasteiger partial charge in [-0.2, -0.15) is 0 Å². The summed E-state index contributed by atoms with van der Waals surface area (Å²) in [6.45, 7) is 6.04. The van der Waals surface area contributed by atoms with Crippen LogP contribution >= 0.6 is 0 Å². The maximum atomic E-state index is 13.3. The standard InChI is InChI=1S/C19H22F4N4O3.C4H10/c1-11(17(29)27-9-19(22,23)10-27)24-15(28)13-4-5-14(26-7-18(20,21)8-26)16(25-13)30-6-12-2-3-12;1-4(2)3/h4-5,11-12H,2-3,6-10H2,1H3,(H,24,28);4H,1-3H3. The van der Waals surface area contributed by atoms with E-state index in [1.807, 2.05) is 0 Å². The van der Waals surface area contributed by atoms with Crippen LogP contribution in [0.2, 0.25) is 0 Å². The second-order valence-electron chi connectivity index (χ2n) is 9.96. The van der Waals surface area contributed by atoms with Crippen LogP contribution in [0.25, 0.3) is 0 Å². The van der Waals surface area contributed by atoms with Crippen molar-refractivity contribution in [3.05, 3.63) is 17.8 Å². The molecule has 3 aliphatic rings. The third-order valence-corrected chi connectivity index (χ3v) is 5.28. The lowest BCUT2D eigenvalue weighted by Gasteiger charge is -2.40. The third kappa shape index (κ3) is 6.96. The molecule has 4 rings (SSSR count). The van der Waals surface area contributed by atoms with E-state index >= 15 is 0 Å². The Morgan fingerprint density at radius 3 is 2.12 bits per heavy atom. The third-order valence-electron chi connectivity index (χ3n) is 5.28. The Morgan fingerprint density at radius 1 is 1.06 bits per heavy atom. The molecule has 1 aromatic heterocycles. The molecule has 1 atom stereocenters. The van der Waals surface area contributed by atoms with Gasteiger partial charge in [0.15, 0.2) is 0 Å². The molecule has 3 fully saturated rings. The Labute approximate surface area is 196 Å². The Hall–Kier alpha value is -2.59. The molecule has 2 amide bonds. The molecule has 34 heavy (non-hydrogen) atoms. The van der Waals surface area contributed by atoms with Gasteiger partial charge < -0.3 is 19.9 Å². The molecule has 190 valence electrons. The average molecular weight is 489 g/mol. The molecule has 11 heteroatoms. The molecule has 1 unspecified atom stereocenters. The molecule has 1 aromatic rings. The van der Waals surface area contributed by atoms with Crippen molar-refractivity contribution < 1.29 is 31.9 Å². The summed E-state index contributed by atoms with van der Waals surface area (Å²) in [5.74, 6) is -5.64. The van der Waals surface area contributed by atoms with Gasteiger partial charge in [0.25, 0.3) is 17.8 Å². The van der Waals surface area contributed by atoms with Crippen LogP contribution < -0.4 is 15.0 Å². The quantitative estimate of drug-likeness (QED) is 0.594. The van der Waals surface area contributed by atoms with Gasteiger partial charge in [0.05, 0.1) is 32.8 Å². The number of nitrogens with zero attached hydrogens (tertiary/aromatic N) is 3. The van der Waals surface area contributed by atoms with Gasteiger partial charge in [-0.1, -0.05) is 20.8 Å². The Bertz CT molecular complexity index is 889. The second-order valence-corrected chi connectivity index (χ2v) is 9.96. The molecule has 0 bridgehead atoms. The molecular weight excluding hydrogens is 456 g/mol. The molecule has 0 spiro atoms. The molecule has 1 aliphatic carbocycles. The number of alkyl halides is 4. The fourth-order valence-electron chi connectivity index (χ4n) is 3.34. The molecule has 0 radical (unpaired) electrons. The van der Waals surface area contributed by atoms with Crippen molar-refractivity contribution in [1.29, 1.82) is 0 Å². The van der Waals surface area contributed by atoms with Crippen LogP contribution in [-0.4, -0.2) is 72.4 Å². The summed E-state index contributed by atoms with van der Waals surface area (Å²) in [5, 5.41) is 2.44. The smallest absolute Gasteiger partial charge is 0.282 e. The maximum Gasteiger partial charge on any atom is 0.282 e. The van der Waals surface area contributed by atoms with E-state index in [1.165, 1.54) is 24.0 Å². The second kappa shape index (κ2) is 9.95. The minimum Gasteiger partial charge on any atom is -0.476 e. The van der Waals surface area contributed by atoms with Crippen LogP contribution in [0.15, 0.2) is 12.1 Å². The van der Waals surface area contributed by atoms with Crippen LogP contribution in [0, 0.1) is 11.8 Å². The van der Waals surface area contributed by atoms with E-state index in [-0.39, 0.29) is 11.6 Å². The van der Waals surface area contributed by atoms with Gasteiger partial charge in [0.2, 0.25) is 11.8 Å². The van der Waals surface area contributed by atoms with Crippen LogP contribution in [0.1, 0.15) is 51.0 Å². The van der Waals surface area contributed by atoms with E-state index < -0.39 is 55.9 Å². The first-order chi connectivity index (χ1) is 15.8. The van der Waals surface area contributed by atoms with Gasteiger partial charge >= 0.3 is 0 Å². The number of ether oxygens (including phenoxy) is 1. The normalized spacial score (nSPS) is 21.0. The molecule has 2 aliphatic heterocycles. The van der Waals surface area contributed by atoms with E-state index in [9.17, 15) is 27.2 Å². The van der Waals surface area contributed by atoms with Crippen LogP contribution in [0.3, 0.4) is 0 Å².